The number of aryl methyl sites for hydroxylation is 1. The minimum atomic E-state index is -0.686. The summed E-state index contributed by atoms with van der Waals surface area (Å²) in [6.45, 7) is 2.05. The molecule has 0 saturated heterocycles. The summed E-state index contributed by atoms with van der Waals surface area (Å²) in [7, 11) is 0. The SMILES string of the molecule is Cc1[nH]nc(C(O)CN)c1Br. The standard InChI is InChI=1S/C6H10BrN3O/c1-3-5(7)6(10-9-3)4(11)2-8/h4,11H,2,8H2,1H3,(H,9,10). The first-order chi connectivity index (χ1) is 5.16. The Labute approximate surface area is 72.9 Å². The summed E-state index contributed by atoms with van der Waals surface area (Å²) in [5.74, 6) is 0. The van der Waals surface area contributed by atoms with Gasteiger partial charge in [0.25, 0.3) is 0 Å². The quantitative estimate of drug-likeness (QED) is 0.678. The first kappa shape index (κ1) is 8.70. The van der Waals surface area contributed by atoms with Gasteiger partial charge in [-0.05, 0) is 22.9 Å². The van der Waals surface area contributed by atoms with Crippen molar-refractivity contribution in [1.82, 2.24) is 10.2 Å². The third-order valence-electron chi connectivity index (χ3n) is 1.44. The zero-order valence-corrected chi connectivity index (χ0v) is 7.72. The average molecular weight is 220 g/mol. The summed E-state index contributed by atoms with van der Waals surface area (Å²) in [4.78, 5) is 0. The van der Waals surface area contributed by atoms with Gasteiger partial charge in [0, 0.05) is 12.2 Å². The molecule has 0 aliphatic carbocycles. The highest BCUT2D eigenvalue weighted by molar-refractivity contribution is 9.10. The Morgan fingerprint density at radius 3 is 2.82 bits per heavy atom. The molecule has 1 aromatic rings. The Kier molecular flexibility index (Phi) is 2.64. The lowest BCUT2D eigenvalue weighted by molar-refractivity contribution is 0.181. The summed E-state index contributed by atoms with van der Waals surface area (Å²) >= 11 is 3.28. The molecule has 4 N–H and O–H groups in total. The minimum Gasteiger partial charge on any atom is -0.385 e. The molecule has 1 aromatic heterocycles. The fourth-order valence-electron chi connectivity index (χ4n) is 0.767. The van der Waals surface area contributed by atoms with Crippen LogP contribution in [0.4, 0.5) is 0 Å². The van der Waals surface area contributed by atoms with Crippen molar-refractivity contribution in [1.29, 1.82) is 0 Å². The second-order valence-electron chi connectivity index (χ2n) is 2.30. The van der Waals surface area contributed by atoms with Crippen molar-refractivity contribution < 1.29 is 5.11 Å². The summed E-state index contributed by atoms with van der Waals surface area (Å²) in [6, 6.07) is 0. The lowest BCUT2D eigenvalue weighted by atomic mass is 10.2. The molecular formula is C6H10BrN3O. The first-order valence-electron chi connectivity index (χ1n) is 3.25. The molecule has 0 aliphatic heterocycles. The number of nitrogens with two attached hydrogens (primary N) is 1. The molecule has 0 aliphatic rings. The van der Waals surface area contributed by atoms with Crippen molar-refractivity contribution in [3.8, 4) is 0 Å². The third kappa shape index (κ3) is 1.61. The molecule has 0 fully saturated rings. The second kappa shape index (κ2) is 3.34. The molecule has 4 nitrogen and oxygen atoms in total. The van der Waals surface area contributed by atoms with Crippen LogP contribution in [0.2, 0.25) is 0 Å². The summed E-state index contributed by atoms with van der Waals surface area (Å²) in [5.41, 5.74) is 6.73. The molecule has 5 heteroatoms. The highest BCUT2D eigenvalue weighted by Crippen LogP contribution is 2.22. The van der Waals surface area contributed by atoms with Gasteiger partial charge in [0.1, 0.15) is 11.8 Å². The highest BCUT2D eigenvalue weighted by atomic mass is 79.9. The van der Waals surface area contributed by atoms with E-state index >= 15 is 0 Å². The maximum Gasteiger partial charge on any atom is 0.111 e. The number of hydrogen-bond acceptors (Lipinski definition) is 3. The van der Waals surface area contributed by atoms with Gasteiger partial charge in [-0.1, -0.05) is 0 Å². The summed E-state index contributed by atoms with van der Waals surface area (Å²) in [5, 5.41) is 15.9. The van der Waals surface area contributed by atoms with Crippen molar-refractivity contribution >= 4 is 15.9 Å². The van der Waals surface area contributed by atoms with Gasteiger partial charge in [0.2, 0.25) is 0 Å². The Balaban J connectivity index is 2.94. The highest BCUT2D eigenvalue weighted by Gasteiger charge is 2.14. The molecule has 0 spiro atoms. The van der Waals surface area contributed by atoms with E-state index in [0.717, 1.165) is 10.2 Å². The number of hydrogen-bond donors (Lipinski definition) is 3. The third-order valence-corrected chi connectivity index (χ3v) is 2.44. The molecule has 1 rings (SSSR count). The second-order valence-corrected chi connectivity index (χ2v) is 3.09. The fourth-order valence-corrected chi connectivity index (χ4v) is 1.21. The lowest BCUT2D eigenvalue weighted by Gasteiger charge is -2.02. The maximum atomic E-state index is 9.29. The number of nitrogens with zero attached hydrogens (tertiary/aromatic N) is 1. The van der Waals surface area contributed by atoms with Gasteiger partial charge in [-0.3, -0.25) is 5.10 Å². The van der Waals surface area contributed by atoms with Crippen LogP contribution < -0.4 is 5.73 Å². The molecule has 0 radical (unpaired) electrons. The van der Waals surface area contributed by atoms with Crippen molar-refractivity contribution in [3.63, 3.8) is 0 Å². The van der Waals surface area contributed by atoms with Gasteiger partial charge in [0.05, 0.1) is 4.47 Å². The van der Waals surface area contributed by atoms with Gasteiger partial charge in [0.15, 0.2) is 0 Å². The lowest BCUT2D eigenvalue weighted by Crippen LogP contribution is -2.12. The predicted molar refractivity (Wildman–Crippen MR) is 45.0 cm³/mol. The topological polar surface area (TPSA) is 74.9 Å². The van der Waals surface area contributed by atoms with Crippen LogP contribution in [-0.4, -0.2) is 21.8 Å². The smallest absolute Gasteiger partial charge is 0.111 e. The van der Waals surface area contributed by atoms with Crippen LogP contribution in [0.15, 0.2) is 4.47 Å². The van der Waals surface area contributed by atoms with E-state index in [9.17, 15) is 5.11 Å². The number of halogens is 1. The number of aromatic nitrogens is 2. The van der Waals surface area contributed by atoms with E-state index < -0.39 is 6.10 Å². The minimum absolute atomic E-state index is 0.183. The van der Waals surface area contributed by atoms with E-state index in [2.05, 4.69) is 26.1 Å². The number of aliphatic hydroxyl groups excluding tert-OH is 1. The molecule has 11 heavy (non-hydrogen) atoms. The number of aliphatic hydroxyl groups is 1. The van der Waals surface area contributed by atoms with Gasteiger partial charge in [-0.25, -0.2) is 0 Å². The van der Waals surface area contributed by atoms with Crippen LogP contribution in [0.3, 0.4) is 0 Å². The van der Waals surface area contributed by atoms with Crippen LogP contribution in [0, 0.1) is 6.92 Å². The van der Waals surface area contributed by atoms with Gasteiger partial charge >= 0.3 is 0 Å². The largest absolute Gasteiger partial charge is 0.385 e. The van der Waals surface area contributed by atoms with Gasteiger partial charge < -0.3 is 10.8 Å². The fraction of sp³-hybridized carbons (Fsp3) is 0.500. The van der Waals surface area contributed by atoms with Crippen LogP contribution in [-0.2, 0) is 0 Å². The van der Waals surface area contributed by atoms with Crippen molar-refractivity contribution in [2.45, 2.75) is 13.0 Å². The van der Waals surface area contributed by atoms with E-state index in [-0.39, 0.29) is 6.54 Å². The molecule has 0 aromatic carbocycles. The Bertz CT molecular complexity index is 248. The number of nitrogens with one attached hydrogen (secondary N) is 1. The van der Waals surface area contributed by atoms with Crippen LogP contribution in [0.5, 0.6) is 0 Å². The molecule has 0 amide bonds. The number of aromatic amines is 1. The molecule has 62 valence electrons. The number of H-pyrrole nitrogens is 1. The Morgan fingerprint density at radius 2 is 2.45 bits per heavy atom. The molecule has 0 saturated carbocycles. The van der Waals surface area contributed by atoms with Crippen molar-refractivity contribution in [3.05, 3.63) is 15.9 Å². The van der Waals surface area contributed by atoms with Crippen molar-refractivity contribution in [2.24, 2.45) is 5.73 Å². The predicted octanol–water partition coefficient (Wildman–Crippen LogP) is 0.473. The molecule has 0 bridgehead atoms. The van der Waals surface area contributed by atoms with Crippen molar-refractivity contribution in [2.75, 3.05) is 6.54 Å². The summed E-state index contributed by atoms with van der Waals surface area (Å²) in [6.07, 6.45) is -0.686. The molecular weight excluding hydrogens is 210 g/mol. The maximum absolute atomic E-state index is 9.29. The van der Waals surface area contributed by atoms with Gasteiger partial charge in [-0.2, -0.15) is 5.10 Å². The van der Waals surface area contributed by atoms with E-state index in [1.807, 2.05) is 6.92 Å². The average Bonchev–Trinajstić information content (AvgIpc) is 2.32. The molecule has 1 unspecified atom stereocenters. The Hall–Kier alpha value is -0.390. The van der Waals surface area contributed by atoms with Crippen LogP contribution >= 0.6 is 15.9 Å². The molecule has 1 heterocycles. The van der Waals surface area contributed by atoms with E-state index in [1.165, 1.54) is 0 Å². The van der Waals surface area contributed by atoms with Crippen LogP contribution in [0.25, 0.3) is 0 Å². The van der Waals surface area contributed by atoms with E-state index in [4.69, 9.17) is 5.73 Å². The van der Waals surface area contributed by atoms with Crippen LogP contribution in [0.1, 0.15) is 17.5 Å². The van der Waals surface area contributed by atoms with E-state index in [1.54, 1.807) is 0 Å². The zero-order valence-electron chi connectivity index (χ0n) is 6.13. The monoisotopic (exact) mass is 219 g/mol. The normalized spacial score (nSPS) is 13.5. The van der Waals surface area contributed by atoms with Gasteiger partial charge in [-0.15, -0.1) is 0 Å². The van der Waals surface area contributed by atoms with E-state index in [0.29, 0.717) is 5.69 Å². The zero-order chi connectivity index (χ0) is 8.43. The molecule has 1 atom stereocenters. The number of rotatable bonds is 2. The Morgan fingerprint density at radius 1 is 1.82 bits per heavy atom. The summed E-state index contributed by atoms with van der Waals surface area (Å²) < 4.78 is 0.801. The first-order valence-corrected chi connectivity index (χ1v) is 4.04.